The Bertz CT molecular complexity index is 707. The standard InChI is InChI=1S/C19H28N2O3S/c1-15(2)14-21-25(23,24)18-10-8-17(9-11-18)19(22)20-13-12-16-6-4-3-5-7-16/h6,8-11,15,21H,3-5,7,12-14H2,1-2H3,(H,20,22). The SMILES string of the molecule is CC(C)CNS(=O)(=O)c1ccc(C(=O)NCCC2=CCCCC2)cc1. The summed E-state index contributed by atoms with van der Waals surface area (Å²) in [4.78, 5) is 12.3. The third-order valence-electron chi connectivity index (χ3n) is 4.23. The Hall–Kier alpha value is -1.66. The molecule has 0 fully saturated rings. The molecule has 0 heterocycles. The lowest BCUT2D eigenvalue weighted by molar-refractivity contribution is 0.0954. The van der Waals surface area contributed by atoms with E-state index in [0.29, 0.717) is 18.7 Å². The normalized spacial score (nSPS) is 15.1. The summed E-state index contributed by atoms with van der Waals surface area (Å²) in [5.41, 5.74) is 1.89. The number of hydrogen-bond acceptors (Lipinski definition) is 3. The lowest BCUT2D eigenvalue weighted by Gasteiger charge is -2.13. The number of hydrogen-bond donors (Lipinski definition) is 2. The van der Waals surface area contributed by atoms with E-state index in [1.165, 1.54) is 30.5 Å². The summed E-state index contributed by atoms with van der Waals surface area (Å²) in [5.74, 6) is 0.0644. The van der Waals surface area contributed by atoms with Crippen LogP contribution in [-0.2, 0) is 10.0 Å². The van der Waals surface area contributed by atoms with E-state index < -0.39 is 10.0 Å². The van der Waals surface area contributed by atoms with Crippen molar-refractivity contribution >= 4 is 15.9 Å². The Morgan fingerprint density at radius 2 is 1.88 bits per heavy atom. The van der Waals surface area contributed by atoms with E-state index in [1.54, 1.807) is 12.1 Å². The maximum absolute atomic E-state index is 12.2. The van der Waals surface area contributed by atoms with E-state index in [0.717, 1.165) is 19.3 Å². The highest BCUT2D eigenvalue weighted by Crippen LogP contribution is 2.19. The van der Waals surface area contributed by atoms with E-state index in [1.807, 2.05) is 13.8 Å². The second kappa shape index (κ2) is 9.15. The monoisotopic (exact) mass is 364 g/mol. The number of allylic oxidation sites excluding steroid dienone is 1. The average molecular weight is 365 g/mol. The third kappa shape index (κ3) is 6.29. The van der Waals surface area contributed by atoms with Gasteiger partial charge in [0.05, 0.1) is 4.90 Å². The Morgan fingerprint density at radius 1 is 1.16 bits per heavy atom. The number of carbonyl (C=O) groups is 1. The molecule has 1 aromatic rings. The smallest absolute Gasteiger partial charge is 0.251 e. The Kier molecular flexibility index (Phi) is 7.20. The molecule has 0 bridgehead atoms. The Balaban J connectivity index is 1.88. The second-order valence-electron chi connectivity index (χ2n) is 6.88. The maximum atomic E-state index is 12.2. The van der Waals surface area contributed by atoms with Crippen LogP contribution in [0.15, 0.2) is 40.8 Å². The summed E-state index contributed by atoms with van der Waals surface area (Å²) in [6.07, 6.45) is 7.93. The van der Waals surface area contributed by atoms with Crippen LogP contribution in [0.4, 0.5) is 0 Å². The molecule has 1 amide bonds. The van der Waals surface area contributed by atoms with Gasteiger partial charge < -0.3 is 5.32 Å². The minimum absolute atomic E-state index is 0.171. The van der Waals surface area contributed by atoms with E-state index in [9.17, 15) is 13.2 Å². The Labute approximate surface area is 151 Å². The number of carbonyl (C=O) groups excluding carboxylic acids is 1. The van der Waals surface area contributed by atoms with Gasteiger partial charge in [-0.1, -0.05) is 25.5 Å². The van der Waals surface area contributed by atoms with Crippen LogP contribution in [0.3, 0.4) is 0 Å². The van der Waals surface area contributed by atoms with Gasteiger partial charge in [-0.2, -0.15) is 0 Å². The highest BCUT2D eigenvalue weighted by atomic mass is 32.2. The molecule has 0 saturated carbocycles. The van der Waals surface area contributed by atoms with E-state index in [4.69, 9.17) is 0 Å². The summed E-state index contributed by atoms with van der Waals surface area (Å²) >= 11 is 0. The lowest BCUT2D eigenvalue weighted by Crippen LogP contribution is -2.28. The van der Waals surface area contributed by atoms with Crippen LogP contribution < -0.4 is 10.0 Å². The van der Waals surface area contributed by atoms with Crippen LogP contribution >= 0.6 is 0 Å². The molecular formula is C19H28N2O3S. The molecule has 0 saturated heterocycles. The molecule has 0 aromatic heterocycles. The molecule has 25 heavy (non-hydrogen) atoms. The Morgan fingerprint density at radius 3 is 2.48 bits per heavy atom. The van der Waals surface area contributed by atoms with Gasteiger partial charge in [-0.3, -0.25) is 4.79 Å². The first-order valence-corrected chi connectivity index (χ1v) is 10.4. The van der Waals surface area contributed by atoms with Crippen LogP contribution in [0.1, 0.15) is 56.3 Å². The van der Waals surface area contributed by atoms with Crippen molar-refractivity contribution in [2.24, 2.45) is 5.92 Å². The summed E-state index contributed by atoms with van der Waals surface area (Å²) in [6, 6.07) is 6.06. The lowest BCUT2D eigenvalue weighted by atomic mass is 9.97. The highest BCUT2D eigenvalue weighted by molar-refractivity contribution is 7.89. The first-order valence-electron chi connectivity index (χ1n) is 8.94. The fourth-order valence-electron chi connectivity index (χ4n) is 2.72. The predicted octanol–water partition coefficient (Wildman–Crippen LogP) is 3.24. The van der Waals surface area contributed by atoms with Crippen molar-refractivity contribution in [2.45, 2.75) is 50.8 Å². The summed E-state index contributed by atoms with van der Waals surface area (Å²) in [6.45, 7) is 4.89. The third-order valence-corrected chi connectivity index (χ3v) is 5.66. The number of benzene rings is 1. The van der Waals surface area contributed by atoms with Gasteiger partial charge in [-0.15, -0.1) is 0 Å². The van der Waals surface area contributed by atoms with Crippen molar-refractivity contribution in [2.75, 3.05) is 13.1 Å². The van der Waals surface area contributed by atoms with Crippen molar-refractivity contribution in [3.63, 3.8) is 0 Å². The van der Waals surface area contributed by atoms with Crippen LogP contribution in [0.2, 0.25) is 0 Å². The summed E-state index contributed by atoms with van der Waals surface area (Å²) in [7, 11) is -3.52. The molecule has 2 rings (SSSR count). The minimum Gasteiger partial charge on any atom is -0.352 e. The average Bonchev–Trinajstić information content (AvgIpc) is 2.61. The molecule has 138 valence electrons. The first kappa shape index (κ1) is 19.7. The largest absolute Gasteiger partial charge is 0.352 e. The van der Waals surface area contributed by atoms with Crippen LogP contribution in [-0.4, -0.2) is 27.4 Å². The molecule has 0 atom stereocenters. The predicted molar refractivity (Wildman–Crippen MR) is 100.0 cm³/mol. The van der Waals surface area contributed by atoms with Gasteiger partial charge in [0.25, 0.3) is 5.91 Å². The zero-order chi connectivity index (χ0) is 18.3. The van der Waals surface area contributed by atoms with Gasteiger partial charge in [0, 0.05) is 18.7 Å². The van der Waals surface area contributed by atoms with Crippen molar-refractivity contribution in [3.8, 4) is 0 Å². The van der Waals surface area contributed by atoms with Crippen molar-refractivity contribution < 1.29 is 13.2 Å². The molecule has 1 aromatic carbocycles. The van der Waals surface area contributed by atoms with E-state index >= 15 is 0 Å². The van der Waals surface area contributed by atoms with Crippen molar-refractivity contribution in [1.82, 2.24) is 10.0 Å². The van der Waals surface area contributed by atoms with Crippen molar-refractivity contribution in [3.05, 3.63) is 41.5 Å². The molecule has 2 N–H and O–H groups in total. The minimum atomic E-state index is -3.52. The highest BCUT2D eigenvalue weighted by Gasteiger charge is 2.15. The molecule has 0 aliphatic heterocycles. The molecular weight excluding hydrogens is 336 g/mol. The van der Waals surface area contributed by atoms with Crippen molar-refractivity contribution in [1.29, 1.82) is 0 Å². The number of nitrogens with one attached hydrogen (secondary N) is 2. The zero-order valence-corrected chi connectivity index (χ0v) is 15.9. The van der Waals surface area contributed by atoms with Gasteiger partial charge >= 0.3 is 0 Å². The van der Waals surface area contributed by atoms with Gasteiger partial charge in [0.15, 0.2) is 0 Å². The van der Waals surface area contributed by atoms with Gasteiger partial charge in [-0.25, -0.2) is 13.1 Å². The molecule has 6 heteroatoms. The van der Waals surface area contributed by atoms with E-state index in [-0.39, 0.29) is 16.7 Å². The molecule has 1 aliphatic rings. The second-order valence-corrected chi connectivity index (χ2v) is 8.65. The molecule has 0 radical (unpaired) electrons. The fraction of sp³-hybridized carbons (Fsp3) is 0.526. The molecule has 5 nitrogen and oxygen atoms in total. The van der Waals surface area contributed by atoms with Crippen LogP contribution in [0, 0.1) is 5.92 Å². The van der Waals surface area contributed by atoms with Gasteiger partial charge in [-0.05, 0) is 62.3 Å². The topological polar surface area (TPSA) is 75.3 Å². The summed E-state index contributed by atoms with van der Waals surface area (Å²) in [5, 5.41) is 2.90. The van der Waals surface area contributed by atoms with Crippen LogP contribution in [0.5, 0.6) is 0 Å². The fourth-order valence-corrected chi connectivity index (χ4v) is 3.93. The quantitative estimate of drug-likeness (QED) is 0.695. The number of rotatable bonds is 8. The van der Waals surface area contributed by atoms with Gasteiger partial charge in [0.1, 0.15) is 0 Å². The maximum Gasteiger partial charge on any atom is 0.251 e. The van der Waals surface area contributed by atoms with Crippen LogP contribution in [0.25, 0.3) is 0 Å². The van der Waals surface area contributed by atoms with E-state index in [2.05, 4.69) is 16.1 Å². The molecule has 0 spiro atoms. The first-order chi connectivity index (χ1) is 11.9. The zero-order valence-electron chi connectivity index (χ0n) is 15.0. The molecule has 0 unspecified atom stereocenters. The summed E-state index contributed by atoms with van der Waals surface area (Å²) < 4.78 is 26.9. The number of amides is 1. The van der Waals surface area contributed by atoms with Gasteiger partial charge in [0.2, 0.25) is 10.0 Å². The molecule has 1 aliphatic carbocycles. The number of sulfonamides is 1.